The molecule has 1 aromatic heterocycles. The first-order chi connectivity index (χ1) is 11.7. The van der Waals surface area contributed by atoms with Crippen LogP contribution in [-0.4, -0.2) is 23.9 Å². The summed E-state index contributed by atoms with van der Waals surface area (Å²) in [6.07, 6.45) is 1.82. The molecule has 6 heteroatoms. The molecule has 0 unspecified atom stereocenters. The number of rotatable bonds is 4. The van der Waals surface area contributed by atoms with Crippen molar-refractivity contribution in [2.45, 2.75) is 6.54 Å². The second kappa shape index (κ2) is 6.87. The third kappa shape index (κ3) is 3.55. The van der Waals surface area contributed by atoms with Crippen LogP contribution in [-0.2, 0) is 16.1 Å². The number of fused-ring (bicyclic) bond motifs is 1. The fraction of sp³-hybridized carbons (Fsp3) is 0.111. The summed E-state index contributed by atoms with van der Waals surface area (Å²) in [5, 5.41) is 6.22. The summed E-state index contributed by atoms with van der Waals surface area (Å²) in [5.41, 5.74) is 2.34. The first-order valence-electron chi connectivity index (χ1n) is 7.45. The lowest BCUT2D eigenvalue weighted by atomic mass is 10.2. The lowest BCUT2D eigenvalue weighted by Crippen LogP contribution is -2.34. The first kappa shape index (κ1) is 15.6. The summed E-state index contributed by atoms with van der Waals surface area (Å²) in [7, 11) is 1.59. The molecule has 0 spiro atoms. The lowest BCUT2D eigenvalue weighted by Gasteiger charge is -2.07. The van der Waals surface area contributed by atoms with Gasteiger partial charge in [-0.25, -0.2) is 0 Å². The van der Waals surface area contributed by atoms with Crippen LogP contribution >= 0.6 is 0 Å². The van der Waals surface area contributed by atoms with Crippen molar-refractivity contribution in [2.24, 2.45) is 0 Å². The molecule has 0 fully saturated rings. The number of hydrogen-bond acceptors (Lipinski definition) is 3. The van der Waals surface area contributed by atoms with Gasteiger partial charge in [-0.2, -0.15) is 0 Å². The molecule has 0 atom stereocenters. The SMILES string of the molecule is COc1ccc(CNC(=O)C(=O)Nc2ccc3cc[nH]c3c2)cc1. The van der Waals surface area contributed by atoms with Gasteiger partial charge < -0.3 is 20.4 Å². The van der Waals surface area contributed by atoms with Gasteiger partial charge in [0.25, 0.3) is 0 Å². The molecule has 0 radical (unpaired) electrons. The molecule has 0 aliphatic rings. The van der Waals surface area contributed by atoms with Crippen LogP contribution in [0.1, 0.15) is 5.56 Å². The van der Waals surface area contributed by atoms with Crippen molar-refractivity contribution >= 4 is 28.4 Å². The molecule has 3 rings (SSSR count). The molecule has 24 heavy (non-hydrogen) atoms. The molecule has 0 saturated heterocycles. The second-order valence-corrected chi connectivity index (χ2v) is 5.26. The number of carbonyl (C=O) groups is 2. The van der Waals surface area contributed by atoms with Gasteiger partial charge in [-0.15, -0.1) is 0 Å². The Bertz CT molecular complexity index is 869. The first-order valence-corrected chi connectivity index (χ1v) is 7.45. The molecule has 2 amide bonds. The Hall–Kier alpha value is -3.28. The number of methoxy groups -OCH3 is 1. The Morgan fingerprint density at radius 2 is 1.83 bits per heavy atom. The van der Waals surface area contributed by atoms with Gasteiger partial charge in [0.05, 0.1) is 7.11 Å². The number of ether oxygens (including phenoxy) is 1. The Morgan fingerprint density at radius 1 is 1.04 bits per heavy atom. The average Bonchev–Trinajstić information content (AvgIpc) is 3.07. The average molecular weight is 323 g/mol. The van der Waals surface area contributed by atoms with Crippen molar-refractivity contribution < 1.29 is 14.3 Å². The smallest absolute Gasteiger partial charge is 0.313 e. The number of anilines is 1. The second-order valence-electron chi connectivity index (χ2n) is 5.26. The van der Waals surface area contributed by atoms with Gasteiger partial charge in [-0.05, 0) is 41.3 Å². The minimum absolute atomic E-state index is 0.270. The number of nitrogens with one attached hydrogen (secondary N) is 3. The zero-order valence-electron chi connectivity index (χ0n) is 13.1. The van der Waals surface area contributed by atoms with E-state index in [9.17, 15) is 9.59 Å². The van der Waals surface area contributed by atoms with Crippen molar-refractivity contribution in [1.29, 1.82) is 0 Å². The molecule has 0 aliphatic carbocycles. The molecule has 0 bridgehead atoms. The molecule has 0 saturated carbocycles. The minimum atomic E-state index is -0.700. The number of H-pyrrole nitrogens is 1. The van der Waals surface area contributed by atoms with Gasteiger partial charge in [0.2, 0.25) is 0 Å². The predicted octanol–water partition coefficient (Wildman–Crippen LogP) is 2.43. The van der Waals surface area contributed by atoms with Crippen LogP contribution in [0.4, 0.5) is 5.69 Å². The summed E-state index contributed by atoms with van der Waals surface area (Å²) in [6.45, 7) is 0.270. The highest BCUT2D eigenvalue weighted by atomic mass is 16.5. The zero-order valence-corrected chi connectivity index (χ0v) is 13.1. The molecule has 2 aromatic carbocycles. The van der Waals surface area contributed by atoms with E-state index in [-0.39, 0.29) is 6.54 Å². The maximum Gasteiger partial charge on any atom is 0.313 e. The highest BCUT2D eigenvalue weighted by Crippen LogP contribution is 2.17. The van der Waals surface area contributed by atoms with Gasteiger partial charge in [0.1, 0.15) is 5.75 Å². The van der Waals surface area contributed by atoms with Crippen LogP contribution in [0.5, 0.6) is 5.75 Å². The van der Waals surface area contributed by atoms with Crippen molar-refractivity contribution in [1.82, 2.24) is 10.3 Å². The van der Waals surface area contributed by atoms with E-state index in [4.69, 9.17) is 4.74 Å². The zero-order chi connectivity index (χ0) is 16.9. The fourth-order valence-electron chi connectivity index (χ4n) is 2.32. The minimum Gasteiger partial charge on any atom is -0.497 e. The molecular weight excluding hydrogens is 306 g/mol. The van der Waals surface area contributed by atoms with E-state index in [1.54, 1.807) is 31.4 Å². The predicted molar refractivity (Wildman–Crippen MR) is 91.8 cm³/mol. The summed E-state index contributed by atoms with van der Waals surface area (Å²) < 4.78 is 5.07. The Kier molecular flexibility index (Phi) is 4.47. The Labute approximate surface area is 138 Å². The van der Waals surface area contributed by atoms with E-state index in [0.717, 1.165) is 22.2 Å². The maximum absolute atomic E-state index is 12.0. The number of carbonyl (C=O) groups excluding carboxylic acids is 2. The number of hydrogen-bond donors (Lipinski definition) is 3. The monoisotopic (exact) mass is 323 g/mol. The van der Waals surface area contributed by atoms with Crippen LogP contribution in [0.25, 0.3) is 10.9 Å². The van der Waals surface area contributed by atoms with E-state index >= 15 is 0 Å². The molecule has 3 aromatic rings. The Morgan fingerprint density at radius 3 is 2.58 bits per heavy atom. The van der Waals surface area contributed by atoms with E-state index in [2.05, 4.69) is 15.6 Å². The van der Waals surface area contributed by atoms with Crippen LogP contribution in [0.15, 0.2) is 54.7 Å². The van der Waals surface area contributed by atoms with Crippen LogP contribution < -0.4 is 15.4 Å². The van der Waals surface area contributed by atoms with Crippen molar-refractivity contribution in [3.8, 4) is 5.75 Å². The topological polar surface area (TPSA) is 83.2 Å². The summed E-state index contributed by atoms with van der Waals surface area (Å²) in [6, 6.07) is 14.6. The number of amides is 2. The summed E-state index contributed by atoms with van der Waals surface area (Å²) in [5.74, 6) is -0.644. The van der Waals surface area contributed by atoms with Crippen LogP contribution in [0.3, 0.4) is 0 Å². The van der Waals surface area contributed by atoms with Gasteiger partial charge in [0.15, 0.2) is 0 Å². The highest BCUT2D eigenvalue weighted by Gasteiger charge is 2.13. The van der Waals surface area contributed by atoms with Crippen LogP contribution in [0, 0.1) is 0 Å². The number of aromatic amines is 1. The third-order valence-corrected chi connectivity index (χ3v) is 3.63. The van der Waals surface area contributed by atoms with Crippen molar-refractivity contribution in [2.75, 3.05) is 12.4 Å². The molecule has 1 heterocycles. The van der Waals surface area contributed by atoms with E-state index < -0.39 is 11.8 Å². The quantitative estimate of drug-likeness (QED) is 0.645. The van der Waals surface area contributed by atoms with E-state index in [0.29, 0.717) is 5.69 Å². The van der Waals surface area contributed by atoms with Gasteiger partial charge in [-0.3, -0.25) is 9.59 Å². The number of benzene rings is 2. The summed E-state index contributed by atoms with van der Waals surface area (Å²) >= 11 is 0. The van der Waals surface area contributed by atoms with Crippen LogP contribution in [0.2, 0.25) is 0 Å². The fourth-order valence-corrected chi connectivity index (χ4v) is 2.32. The summed E-state index contributed by atoms with van der Waals surface area (Å²) in [4.78, 5) is 26.9. The molecule has 3 N–H and O–H groups in total. The van der Waals surface area contributed by atoms with Gasteiger partial charge >= 0.3 is 11.8 Å². The van der Waals surface area contributed by atoms with Crippen molar-refractivity contribution in [3.63, 3.8) is 0 Å². The normalized spacial score (nSPS) is 10.4. The van der Waals surface area contributed by atoms with Crippen molar-refractivity contribution in [3.05, 3.63) is 60.3 Å². The molecule has 122 valence electrons. The molecular formula is C18H17N3O3. The van der Waals surface area contributed by atoms with E-state index in [1.165, 1.54) is 0 Å². The molecule has 0 aliphatic heterocycles. The maximum atomic E-state index is 12.0. The van der Waals surface area contributed by atoms with Gasteiger partial charge in [0, 0.05) is 23.9 Å². The van der Waals surface area contributed by atoms with E-state index in [1.807, 2.05) is 30.5 Å². The highest BCUT2D eigenvalue weighted by molar-refractivity contribution is 6.39. The molecule has 6 nitrogen and oxygen atoms in total. The lowest BCUT2D eigenvalue weighted by molar-refractivity contribution is -0.136. The Balaban J connectivity index is 1.56. The van der Waals surface area contributed by atoms with Gasteiger partial charge in [-0.1, -0.05) is 18.2 Å². The number of aromatic nitrogens is 1. The standard InChI is InChI=1S/C18H17N3O3/c1-24-15-6-2-12(3-7-15)11-20-17(22)18(23)21-14-5-4-13-8-9-19-16(13)10-14/h2-10,19H,11H2,1H3,(H,20,22)(H,21,23). The largest absolute Gasteiger partial charge is 0.497 e. The third-order valence-electron chi connectivity index (χ3n) is 3.63.